The number of benzene rings is 1. The molecule has 9 heteroatoms. The lowest BCUT2D eigenvalue weighted by Crippen LogP contribution is -2.19. The van der Waals surface area contributed by atoms with Gasteiger partial charge in [-0.05, 0) is 63.2 Å². The van der Waals surface area contributed by atoms with E-state index in [1.165, 1.54) is 0 Å². The second kappa shape index (κ2) is 9.00. The smallest absolute Gasteiger partial charge is 0.268 e. The summed E-state index contributed by atoms with van der Waals surface area (Å²) in [5.41, 5.74) is 2.63. The summed E-state index contributed by atoms with van der Waals surface area (Å²) >= 11 is 0. The third kappa shape index (κ3) is 4.49. The Labute approximate surface area is 196 Å². The predicted octanol–water partition coefficient (Wildman–Crippen LogP) is 3.80. The van der Waals surface area contributed by atoms with Gasteiger partial charge in [-0.2, -0.15) is 5.26 Å². The molecule has 0 radical (unpaired) electrons. The molecule has 0 bridgehead atoms. The summed E-state index contributed by atoms with van der Waals surface area (Å²) < 4.78 is 11.8. The van der Waals surface area contributed by atoms with Gasteiger partial charge in [-0.15, -0.1) is 10.2 Å². The molecule has 34 heavy (non-hydrogen) atoms. The molecule has 1 aliphatic rings. The standard InChI is InChI=1S/C25H23N7O2/c1-25(2,15-26)22-11-17(7-10-29-22)20-13-28-14-21(30-20)24-32-31-23(34-24)16-3-5-18(6-4-16)33-19-8-9-27-12-19/h3-7,10-11,13-14,19,27H,8-9,12H2,1-2H3/t19-/m0/s1. The number of ether oxygens (including phenoxy) is 1. The molecule has 1 fully saturated rings. The highest BCUT2D eigenvalue weighted by atomic mass is 16.5. The number of aromatic nitrogens is 5. The molecule has 0 unspecified atom stereocenters. The highest BCUT2D eigenvalue weighted by Crippen LogP contribution is 2.28. The summed E-state index contributed by atoms with van der Waals surface area (Å²) in [6, 6.07) is 13.5. The minimum Gasteiger partial charge on any atom is -0.489 e. The van der Waals surface area contributed by atoms with Gasteiger partial charge in [0.2, 0.25) is 5.89 Å². The van der Waals surface area contributed by atoms with E-state index in [1.54, 1.807) is 18.6 Å². The maximum absolute atomic E-state index is 9.42. The van der Waals surface area contributed by atoms with Gasteiger partial charge >= 0.3 is 0 Å². The third-order valence-corrected chi connectivity index (χ3v) is 5.67. The zero-order chi connectivity index (χ0) is 23.5. The Balaban J connectivity index is 1.36. The Hall–Kier alpha value is -4.16. The van der Waals surface area contributed by atoms with Crippen molar-refractivity contribution in [1.29, 1.82) is 5.26 Å². The normalized spacial score (nSPS) is 15.7. The van der Waals surface area contributed by atoms with Crippen LogP contribution in [-0.4, -0.2) is 44.3 Å². The predicted molar refractivity (Wildman–Crippen MR) is 125 cm³/mol. The van der Waals surface area contributed by atoms with Crippen molar-refractivity contribution >= 4 is 0 Å². The monoisotopic (exact) mass is 453 g/mol. The lowest BCUT2D eigenvalue weighted by Gasteiger charge is -2.15. The van der Waals surface area contributed by atoms with Crippen LogP contribution in [0.4, 0.5) is 0 Å². The fourth-order valence-electron chi connectivity index (χ4n) is 3.64. The lowest BCUT2D eigenvalue weighted by molar-refractivity contribution is 0.223. The van der Waals surface area contributed by atoms with Crippen LogP contribution in [0.25, 0.3) is 34.3 Å². The highest BCUT2D eigenvalue weighted by molar-refractivity contribution is 5.62. The van der Waals surface area contributed by atoms with Crippen molar-refractivity contribution in [2.45, 2.75) is 31.8 Å². The summed E-state index contributed by atoms with van der Waals surface area (Å²) in [5, 5.41) is 21.0. The molecule has 1 N–H and O–H groups in total. The molecule has 170 valence electrons. The van der Waals surface area contributed by atoms with Crippen molar-refractivity contribution in [2.24, 2.45) is 0 Å². The number of hydrogen-bond acceptors (Lipinski definition) is 9. The number of rotatable bonds is 6. The summed E-state index contributed by atoms with van der Waals surface area (Å²) in [7, 11) is 0. The molecule has 0 amide bonds. The van der Waals surface area contributed by atoms with Crippen LogP contribution in [0, 0.1) is 11.3 Å². The minimum absolute atomic E-state index is 0.203. The second-order valence-corrected chi connectivity index (χ2v) is 8.63. The maximum Gasteiger partial charge on any atom is 0.268 e. The van der Waals surface area contributed by atoms with Crippen LogP contribution in [0.15, 0.2) is 59.4 Å². The fourth-order valence-corrected chi connectivity index (χ4v) is 3.64. The number of nitrogens with one attached hydrogen (secondary N) is 1. The van der Waals surface area contributed by atoms with E-state index in [1.807, 2.05) is 50.2 Å². The SMILES string of the molecule is CC(C)(C#N)c1cc(-c2cncc(-c3nnc(-c4ccc(O[C@H]5CCNC5)cc4)o3)n2)ccn1. The Morgan fingerprint density at radius 3 is 2.62 bits per heavy atom. The van der Waals surface area contributed by atoms with Crippen LogP contribution >= 0.6 is 0 Å². The fraction of sp³-hybridized carbons (Fsp3) is 0.280. The Morgan fingerprint density at radius 2 is 1.85 bits per heavy atom. The van der Waals surface area contributed by atoms with E-state index >= 15 is 0 Å². The van der Waals surface area contributed by atoms with Gasteiger partial charge in [-0.25, -0.2) is 4.98 Å². The molecule has 3 aromatic heterocycles. The van der Waals surface area contributed by atoms with Gasteiger partial charge in [0.1, 0.15) is 17.5 Å². The van der Waals surface area contributed by atoms with Crippen LogP contribution in [-0.2, 0) is 5.41 Å². The molecule has 4 aromatic rings. The molecule has 0 aliphatic carbocycles. The van der Waals surface area contributed by atoms with Crippen LogP contribution < -0.4 is 10.1 Å². The van der Waals surface area contributed by atoms with Gasteiger partial charge in [-0.3, -0.25) is 9.97 Å². The zero-order valence-corrected chi connectivity index (χ0v) is 18.9. The molecule has 0 spiro atoms. The van der Waals surface area contributed by atoms with E-state index in [2.05, 4.69) is 36.5 Å². The van der Waals surface area contributed by atoms with Crippen molar-refractivity contribution in [3.8, 4) is 46.1 Å². The molecule has 4 heterocycles. The van der Waals surface area contributed by atoms with Crippen LogP contribution in [0.3, 0.4) is 0 Å². The van der Waals surface area contributed by atoms with Gasteiger partial charge < -0.3 is 14.5 Å². The summed E-state index contributed by atoms with van der Waals surface area (Å²) in [6.07, 6.45) is 6.10. The average Bonchev–Trinajstić information content (AvgIpc) is 3.57. The van der Waals surface area contributed by atoms with E-state index in [0.717, 1.165) is 36.4 Å². The number of hydrogen-bond donors (Lipinski definition) is 1. The van der Waals surface area contributed by atoms with Crippen molar-refractivity contribution in [3.63, 3.8) is 0 Å². The van der Waals surface area contributed by atoms with Gasteiger partial charge in [-0.1, -0.05) is 0 Å². The van der Waals surface area contributed by atoms with E-state index in [-0.39, 0.29) is 12.0 Å². The van der Waals surface area contributed by atoms with E-state index in [0.29, 0.717) is 23.0 Å². The molecule has 5 rings (SSSR count). The van der Waals surface area contributed by atoms with Crippen molar-refractivity contribution in [3.05, 3.63) is 60.7 Å². The lowest BCUT2D eigenvalue weighted by atomic mass is 9.90. The molecule has 1 saturated heterocycles. The molecule has 1 aromatic carbocycles. The van der Waals surface area contributed by atoms with Crippen molar-refractivity contribution < 1.29 is 9.15 Å². The first-order chi connectivity index (χ1) is 16.5. The molecular formula is C25H23N7O2. The maximum atomic E-state index is 9.42. The first-order valence-electron chi connectivity index (χ1n) is 11.0. The summed E-state index contributed by atoms with van der Waals surface area (Å²) in [5.74, 6) is 1.47. The van der Waals surface area contributed by atoms with Crippen molar-refractivity contribution in [1.82, 2.24) is 30.5 Å². The molecular weight excluding hydrogens is 430 g/mol. The van der Waals surface area contributed by atoms with Crippen LogP contribution in [0.5, 0.6) is 5.75 Å². The largest absolute Gasteiger partial charge is 0.489 e. The third-order valence-electron chi connectivity index (χ3n) is 5.67. The Kier molecular flexibility index (Phi) is 5.74. The average molecular weight is 454 g/mol. The van der Waals surface area contributed by atoms with E-state index < -0.39 is 5.41 Å². The zero-order valence-electron chi connectivity index (χ0n) is 18.9. The quantitative estimate of drug-likeness (QED) is 0.464. The molecule has 1 aliphatic heterocycles. The Morgan fingerprint density at radius 1 is 1.06 bits per heavy atom. The van der Waals surface area contributed by atoms with Crippen molar-refractivity contribution in [2.75, 3.05) is 13.1 Å². The van der Waals surface area contributed by atoms with Crippen LogP contribution in [0.2, 0.25) is 0 Å². The summed E-state index contributed by atoms with van der Waals surface area (Å²) in [4.78, 5) is 13.3. The Bertz CT molecular complexity index is 1340. The second-order valence-electron chi connectivity index (χ2n) is 8.63. The first-order valence-corrected chi connectivity index (χ1v) is 11.0. The van der Waals surface area contributed by atoms with Crippen LogP contribution in [0.1, 0.15) is 26.0 Å². The number of pyridine rings is 1. The van der Waals surface area contributed by atoms with E-state index in [4.69, 9.17) is 9.15 Å². The van der Waals surface area contributed by atoms with Gasteiger partial charge in [0.15, 0.2) is 0 Å². The van der Waals surface area contributed by atoms with E-state index in [9.17, 15) is 5.26 Å². The number of nitrogens with zero attached hydrogens (tertiary/aromatic N) is 6. The highest BCUT2D eigenvalue weighted by Gasteiger charge is 2.22. The molecule has 1 atom stereocenters. The first kappa shape index (κ1) is 21.7. The minimum atomic E-state index is -0.711. The number of nitriles is 1. The van der Waals surface area contributed by atoms with Gasteiger partial charge in [0, 0.05) is 23.9 Å². The molecule has 0 saturated carbocycles. The molecule has 9 nitrogen and oxygen atoms in total. The topological polar surface area (TPSA) is 123 Å². The van der Waals surface area contributed by atoms with Gasteiger partial charge in [0.05, 0.1) is 35.3 Å². The van der Waals surface area contributed by atoms with Gasteiger partial charge in [0.25, 0.3) is 5.89 Å². The summed E-state index contributed by atoms with van der Waals surface area (Å²) in [6.45, 7) is 5.50.